The molecular weight excluding hydrogens is 483 g/mol. The minimum atomic E-state index is -4.37. The van der Waals surface area contributed by atoms with Crippen molar-refractivity contribution >= 4 is 11.9 Å². The van der Waals surface area contributed by atoms with Gasteiger partial charge in [-0.1, -0.05) is 56.7 Å². The second kappa shape index (κ2) is 12.0. The predicted octanol–water partition coefficient (Wildman–Crippen LogP) is 7.09. The normalized spacial score (nSPS) is 13.0. The third kappa shape index (κ3) is 7.35. The first-order valence-electron chi connectivity index (χ1n) is 12.0. The van der Waals surface area contributed by atoms with Gasteiger partial charge in [-0.3, -0.25) is 9.59 Å². The first kappa shape index (κ1) is 27.8. The molecule has 0 aliphatic heterocycles. The van der Waals surface area contributed by atoms with Crippen molar-refractivity contribution in [3.8, 4) is 16.9 Å². The molecule has 0 aliphatic carbocycles. The zero-order valence-corrected chi connectivity index (χ0v) is 21.0. The summed E-state index contributed by atoms with van der Waals surface area (Å²) in [4.78, 5) is 25.1. The summed E-state index contributed by atoms with van der Waals surface area (Å²) in [5, 5.41) is 9.06. The van der Waals surface area contributed by atoms with E-state index in [4.69, 9.17) is 9.84 Å². The maximum Gasteiger partial charge on any atom is 0.416 e. The smallest absolute Gasteiger partial charge is 0.416 e. The lowest BCUT2D eigenvalue weighted by atomic mass is 9.99. The Balaban J connectivity index is 1.69. The van der Waals surface area contributed by atoms with Crippen molar-refractivity contribution in [1.29, 1.82) is 0 Å². The molecule has 0 saturated carbocycles. The monoisotopic (exact) mass is 513 g/mol. The van der Waals surface area contributed by atoms with Crippen molar-refractivity contribution in [2.24, 2.45) is 5.92 Å². The predicted molar refractivity (Wildman–Crippen MR) is 135 cm³/mol. The molecule has 3 aromatic carbocycles. The molecule has 0 radical (unpaired) electrons. The third-order valence-corrected chi connectivity index (χ3v) is 6.07. The van der Waals surface area contributed by atoms with Crippen LogP contribution in [0.5, 0.6) is 5.75 Å². The van der Waals surface area contributed by atoms with Crippen LogP contribution in [-0.2, 0) is 11.0 Å². The molecule has 2 unspecified atom stereocenters. The number of ether oxygens (including phenoxy) is 1. The molecule has 37 heavy (non-hydrogen) atoms. The van der Waals surface area contributed by atoms with Crippen molar-refractivity contribution in [3.05, 3.63) is 89.5 Å². The van der Waals surface area contributed by atoms with Crippen LogP contribution in [0.3, 0.4) is 0 Å². The van der Waals surface area contributed by atoms with Gasteiger partial charge in [-0.2, -0.15) is 13.2 Å². The van der Waals surface area contributed by atoms with Crippen LogP contribution in [0.1, 0.15) is 54.3 Å². The van der Waals surface area contributed by atoms with Gasteiger partial charge >= 0.3 is 12.1 Å². The molecule has 8 heteroatoms. The van der Waals surface area contributed by atoms with Gasteiger partial charge in [0.2, 0.25) is 0 Å². The van der Waals surface area contributed by atoms with Crippen LogP contribution in [0.25, 0.3) is 11.1 Å². The number of hydrogen-bond donors (Lipinski definition) is 1. The number of rotatable bonds is 10. The van der Waals surface area contributed by atoms with E-state index in [-0.39, 0.29) is 18.6 Å². The topological polar surface area (TPSA) is 66.8 Å². The van der Waals surface area contributed by atoms with E-state index in [0.29, 0.717) is 16.9 Å². The van der Waals surface area contributed by atoms with Crippen molar-refractivity contribution in [1.82, 2.24) is 4.90 Å². The van der Waals surface area contributed by atoms with Gasteiger partial charge in [-0.25, -0.2) is 0 Å². The number of alkyl halides is 3. The van der Waals surface area contributed by atoms with Gasteiger partial charge in [0, 0.05) is 19.2 Å². The van der Waals surface area contributed by atoms with Gasteiger partial charge < -0.3 is 14.7 Å². The van der Waals surface area contributed by atoms with Gasteiger partial charge in [0.1, 0.15) is 11.9 Å². The molecule has 0 fully saturated rings. The maximum atomic E-state index is 12.8. The maximum absolute atomic E-state index is 12.8. The summed E-state index contributed by atoms with van der Waals surface area (Å²) in [6.07, 6.45) is -3.00. The number of halogens is 3. The molecule has 2 atom stereocenters. The van der Waals surface area contributed by atoms with Crippen LogP contribution < -0.4 is 4.74 Å². The minimum absolute atomic E-state index is 0.105. The summed E-state index contributed by atoms with van der Waals surface area (Å²) in [7, 11) is 1.57. The lowest BCUT2D eigenvalue weighted by molar-refractivity contribution is -0.141. The molecule has 0 saturated heterocycles. The molecule has 1 amide bonds. The number of aliphatic carboxylic acids is 1. The molecule has 0 aromatic heterocycles. The molecule has 0 bridgehead atoms. The van der Waals surface area contributed by atoms with E-state index in [1.807, 2.05) is 31.2 Å². The Hall–Kier alpha value is -3.81. The van der Waals surface area contributed by atoms with Crippen LogP contribution in [0.15, 0.2) is 72.8 Å². The van der Waals surface area contributed by atoms with Gasteiger partial charge in [-0.05, 0) is 59.5 Å². The summed E-state index contributed by atoms with van der Waals surface area (Å²) in [5.74, 6) is -1.32. The first-order chi connectivity index (χ1) is 17.5. The number of nitrogens with zero attached hydrogens (tertiary/aromatic N) is 1. The second-order valence-corrected chi connectivity index (χ2v) is 9.04. The molecular formula is C29H30F3NO4. The van der Waals surface area contributed by atoms with Crippen molar-refractivity contribution in [2.45, 2.75) is 39.0 Å². The van der Waals surface area contributed by atoms with Crippen LogP contribution in [-0.4, -0.2) is 35.5 Å². The average molecular weight is 514 g/mol. The minimum Gasteiger partial charge on any atom is -0.486 e. The van der Waals surface area contributed by atoms with E-state index < -0.39 is 23.6 Å². The van der Waals surface area contributed by atoms with Crippen LogP contribution in [0.2, 0.25) is 0 Å². The average Bonchev–Trinajstić information content (AvgIpc) is 2.88. The van der Waals surface area contributed by atoms with E-state index in [9.17, 15) is 22.8 Å². The third-order valence-electron chi connectivity index (χ3n) is 6.07. The lowest BCUT2D eigenvalue weighted by Crippen LogP contribution is -2.33. The lowest BCUT2D eigenvalue weighted by Gasteiger charge is -2.21. The fraction of sp³-hybridized carbons (Fsp3) is 0.310. The number of benzene rings is 3. The van der Waals surface area contributed by atoms with E-state index in [1.165, 1.54) is 17.0 Å². The van der Waals surface area contributed by atoms with Gasteiger partial charge in [-0.15, -0.1) is 0 Å². The number of carboxylic acids is 1. The van der Waals surface area contributed by atoms with Gasteiger partial charge in [0.25, 0.3) is 5.91 Å². The van der Waals surface area contributed by atoms with Crippen molar-refractivity contribution in [2.75, 3.05) is 13.6 Å². The number of hydrogen-bond acceptors (Lipinski definition) is 3. The quantitative estimate of drug-likeness (QED) is 0.314. The van der Waals surface area contributed by atoms with Crippen LogP contribution in [0.4, 0.5) is 13.2 Å². The van der Waals surface area contributed by atoms with E-state index in [0.717, 1.165) is 36.1 Å². The Morgan fingerprint density at radius 3 is 1.95 bits per heavy atom. The standard InChI is InChI=1S/C29H30F3NO4/c1-4-5-26(22-8-6-20(7-9-22)21-10-14-24(15-11-21)29(30,31)32)37-25-16-12-23(13-17-25)27(34)33(3)18-19(2)28(35)36/h6-17,19,26H,4-5,18H2,1-3H3,(H,35,36). The highest BCUT2D eigenvalue weighted by Gasteiger charge is 2.30. The summed E-state index contributed by atoms with van der Waals surface area (Å²) < 4.78 is 44.7. The molecule has 1 N–H and O–H groups in total. The van der Waals surface area contributed by atoms with Gasteiger partial charge in [0.15, 0.2) is 0 Å². The largest absolute Gasteiger partial charge is 0.486 e. The molecule has 3 aromatic rings. The Kier molecular flexibility index (Phi) is 8.97. The Labute approximate surface area is 214 Å². The van der Waals surface area contributed by atoms with E-state index in [1.54, 1.807) is 38.2 Å². The highest BCUT2D eigenvalue weighted by atomic mass is 19.4. The number of carboxylic acid groups (broad SMARTS) is 1. The van der Waals surface area contributed by atoms with Crippen LogP contribution >= 0.6 is 0 Å². The van der Waals surface area contributed by atoms with E-state index in [2.05, 4.69) is 0 Å². The highest BCUT2D eigenvalue weighted by Crippen LogP contribution is 2.32. The molecule has 0 spiro atoms. The Morgan fingerprint density at radius 2 is 1.46 bits per heavy atom. The number of carbonyl (C=O) groups is 2. The second-order valence-electron chi connectivity index (χ2n) is 9.04. The highest BCUT2D eigenvalue weighted by molar-refractivity contribution is 5.94. The summed E-state index contributed by atoms with van der Waals surface area (Å²) in [5.41, 5.74) is 2.17. The zero-order valence-electron chi connectivity index (χ0n) is 21.0. The molecule has 3 rings (SSSR count). The number of carbonyl (C=O) groups excluding carboxylic acids is 1. The Morgan fingerprint density at radius 1 is 0.919 bits per heavy atom. The van der Waals surface area contributed by atoms with E-state index >= 15 is 0 Å². The fourth-order valence-corrected chi connectivity index (χ4v) is 3.93. The molecule has 0 aliphatic rings. The summed E-state index contributed by atoms with van der Waals surface area (Å²) in [6, 6.07) is 19.3. The Bertz CT molecular complexity index is 1190. The zero-order chi connectivity index (χ0) is 27.2. The summed E-state index contributed by atoms with van der Waals surface area (Å²) >= 11 is 0. The fourth-order valence-electron chi connectivity index (χ4n) is 3.93. The first-order valence-corrected chi connectivity index (χ1v) is 12.0. The summed E-state index contributed by atoms with van der Waals surface area (Å²) in [6.45, 7) is 3.70. The van der Waals surface area contributed by atoms with Crippen LogP contribution in [0, 0.1) is 5.92 Å². The molecule has 5 nitrogen and oxygen atoms in total. The van der Waals surface area contributed by atoms with Crippen molar-refractivity contribution in [3.63, 3.8) is 0 Å². The molecule has 196 valence electrons. The van der Waals surface area contributed by atoms with Gasteiger partial charge in [0.05, 0.1) is 11.5 Å². The van der Waals surface area contributed by atoms with Crippen molar-refractivity contribution < 1.29 is 32.6 Å². The molecule has 0 heterocycles. The number of amides is 1. The SMILES string of the molecule is CCCC(Oc1ccc(C(=O)N(C)CC(C)C(=O)O)cc1)c1ccc(-c2ccc(C(F)(F)F)cc2)cc1.